The summed E-state index contributed by atoms with van der Waals surface area (Å²) in [7, 11) is 0. The first-order valence-corrected chi connectivity index (χ1v) is 6.67. The molecule has 0 radical (unpaired) electrons. The van der Waals surface area contributed by atoms with Gasteiger partial charge in [0.05, 0.1) is 5.54 Å². The van der Waals surface area contributed by atoms with Crippen molar-refractivity contribution in [3.05, 3.63) is 18.2 Å². The number of carbonyl (C=O) groups is 1. The topological polar surface area (TPSA) is 73.6 Å². The number of benzene rings is 1. The first-order valence-electron chi connectivity index (χ1n) is 6.67. The Hall–Kier alpha value is -1.75. The largest absolute Gasteiger partial charge is 0.486 e. The van der Waals surface area contributed by atoms with Crippen molar-refractivity contribution in [2.24, 2.45) is 5.73 Å². The quantitative estimate of drug-likeness (QED) is 0.850. The summed E-state index contributed by atoms with van der Waals surface area (Å²) in [6.07, 6.45) is 3.54. The van der Waals surface area contributed by atoms with Crippen LogP contribution >= 0.6 is 0 Å². The number of rotatable bonds is 2. The van der Waals surface area contributed by atoms with Crippen LogP contribution in [-0.4, -0.2) is 24.7 Å². The Morgan fingerprint density at radius 3 is 2.58 bits per heavy atom. The molecule has 1 saturated carbocycles. The highest BCUT2D eigenvalue weighted by Gasteiger charge is 2.37. The fourth-order valence-corrected chi connectivity index (χ4v) is 2.61. The van der Waals surface area contributed by atoms with Crippen LogP contribution in [-0.2, 0) is 4.79 Å². The highest BCUT2D eigenvalue weighted by Crippen LogP contribution is 2.33. The smallest absolute Gasteiger partial charge is 0.244 e. The molecule has 0 aromatic heterocycles. The molecule has 1 aromatic rings. The van der Waals surface area contributed by atoms with Crippen molar-refractivity contribution in [1.82, 2.24) is 0 Å². The molecule has 0 bridgehead atoms. The van der Waals surface area contributed by atoms with Gasteiger partial charge in [0, 0.05) is 11.8 Å². The minimum Gasteiger partial charge on any atom is -0.486 e. The predicted molar refractivity (Wildman–Crippen MR) is 71.4 cm³/mol. The summed E-state index contributed by atoms with van der Waals surface area (Å²) >= 11 is 0. The second-order valence-corrected chi connectivity index (χ2v) is 5.18. The molecule has 5 nitrogen and oxygen atoms in total. The first-order chi connectivity index (χ1) is 9.17. The van der Waals surface area contributed by atoms with Gasteiger partial charge in [-0.15, -0.1) is 0 Å². The summed E-state index contributed by atoms with van der Waals surface area (Å²) in [6, 6.07) is 5.40. The maximum absolute atomic E-state index is 12.2. The van der Waals surface area contributed by atoms with Crippen LogP contribution in [0, 0.1) is 0 Å². The van der Waals surface area contributed by atoms with Gasteiger partial charge in [-0.3, -0.25) is 4.79 Å². The van der Waals surface area contributed by atoms with Gasteiger partial charge in [-0.25, -0.2) is 0 Å². The zero-order valence-electron chi connectivity index (χ0n) is 10.8. The molecule has 1 aliphatic carbocycles. The molecule has 1 aliphatic heterocycles. The Labute approximate surface area is 112 Å². The molecule has 3 rings (SSSR count). The molecule has 1 amide bonds. The van der Waals surface area contributed by atoms with Crippen molar-refractivity contribution < 1.29 is 14.3 Å². The number of hydrogen-bond donors (Lipinski definition) is 2. The van der Waals surface area contributed by atoms with Crippen LogP contribution in [0.2, 0.25) is 0 Å². The molecule has 1 fully saturated rings. The molecule has 19 heavy (non-hydrogen) atoms. The number of ether oxygens (including phenoxy) is 2. The van der Waals surface area contributed by atoms with E-state index in [4.69, 9.17) is 15.2 Å². The van der Waals surface area contributed by atoms with E-state index < -0.39 is 5.54 Å². The van der Waals surface area contributed by atoms with Gasteiger partial charge in [0.25, 0.3) is 0 Å². The molecule has 3 N–H and O–H groups in total. The summed E-state index contributed by atoms with van der Waals surface area (Å²) in [4.78, 5) is 12.2. The molecule has 0 spiro atoms. The van der Waals surface area contributed by atoms with Gasteiger partial charge in [-0.05, 0) is 25.0 Å². The van der Waals surface area contributed by atoms with Crippen LogP contribution in [0.4, 0.5) is 5.69 Å². The van der Waals surface area contributed by atoms with Crippen molar-refractivity contribution in [2.45, 2.75) is 31.2 Å². The number of fused-ring (bicyclic) bond motifs is 1. The van der Waals surface area contributed by atoms with E-state index >= 15 is 0 Å². The number of carbonyl (C=O) groups excluding carboxylic acids is 1. The maximum Gasteiger partial charge on any atom is 0.244 e. The second kappa shape index (κ2) is 4.74. The second-order valence-electron chi connectivity index (χ2n) is 5.18. The lowest BCUT2D eigenvalue weighted by atomic mass is 9.98. The zero-order chi connectivity index (χ0) is 13.3. The molecular formula is C14H18N2O3. The molecule has 5 heteroatoms. The number of nitrogens with two attached hydrogens (primary N) is 1. The molecule has 0 atom stereocenters. The zero-order valence-corrected chi connectivity index (χ0v) is 10.8. The minimum atomic E-state index is -0.715. The highest BCUT2D eigenvalue weighted by atomic mass is 16.6. The lowest BCUT2D eigenvalue weighted by Crippen LogP contribution is -2.48. The van der Waals surface area contributed by atoms with Gasteiger partial charge in [-0.2, -0.15) is 0 Å². The number of amides is 1. The normalized spacial score (nSPS) is 20.1. The van der Waals surface area contributed by atoms with E-state index in [1.54, 1.807) is 6.07 Å². The molecule has 102 valence electrons. The Morgan fingerprint density at radius 1 is 1.16 bits per heavy atom. The predicted octanol–water partition coefficient (Wildman–Crippen LogP) is 1.67. The molecular weight excluding hydrogens is 244 g/mol. The summed E-state index contributed by atoms with van der Waals surface area (Å²) in [5.41, 5.74) is 6.11. The SMILES string of the molecule is NC1(C(=O)Nc2ccc3c(c2)OCCO3)CCCC1. The van der Waals surface area contributed by atoms with Crippen LogP contribution in [0.5, 0.6) is 11.5 Å². The van der Waals surface area contributed by atoms with Crippen molar-refractivity contribution in [1.29, 1.82) is 0 Å². The number of hydrogen-bond acceptors (Lipinski definition) is 4. The van der Waals surface area contributed by atoms with Gasteiger partial charge in [0.2, 0.25) is 5.91 Å². The summed E-state index contributed by atoms with van der Waals surface area (Å²) in [6.45, 7) is 1.09. The lowest BCUT2D eigenvalue weighted by Gasteiger charge is -2.23. The Balaban J connectivity index is 1.74. The van der Waals surface area contributed by atoms with E-state index in [-0.39, 0.29) is 5.91 Å². The fraction of sp³-hybridized carbons (Fsp3) is 0.500. The van der Waals surface area contributed by atoms with Crippen molar-refractivity contribution >= 4 is 11.6 Å². The van der Waals surface area contributed by atoms with E-state index in [2.05, 4.69) is 5.32 Å². The van der Waals surface area contributed by atoms with E-state index in [9.17, 15) is 4.79 Å². The Morgan fingerprint density at radius 2 is 1.84 bits per heavy atom. The van der Waals surface area contributed by atoms with E-state index in [1.807, 2.05) is 12.1 Å². The molecule has 2 aliphatic rings. The molecule has 0 unspecified atom stereocenters. The average Bonchev–Trinajstić information content (AvgIpc) is 2.87. The van der Waals surface area contributed by atoms with Gasteiger partial charge in [-0.1, -0.05) is 12.8 Å². The van der Waals surface area contributed by atoms with Crippen molar-refractivity contribution in [2.75, 3.05) is 18.5 Å². The van der Waals surface area contributed by atoms with Crippen LogP contribution in [0.25, 0.3) is 0 Å². The molecule has 0 saturated heterocycles. The summed E-state index contributed by atoms with van der Waals surface area (Å²) in [5.74, 6) is 1.27. The third-order valence-corrected chi connectivity index (χ3v) is 3.75. The fourth-order valence-electron chi connectivity index (χ4n) is 2.61. The van der Waals surface area contributed by atoms with Crippen LogP contribution in [0.1, 0.15) is 25.7 Å². The van der Waals surface area contributed by atoms with Crippen molar-refractivity contribution in [3.63, 3.8) is 0 Å². The maximum atomic E-state index is 12.2. The van der Waals surface area contributed by atoms with Crippen molar-refractivity contribution in [3.8, 4) is 11.5 Å². The summed E-state index contributed by atoms with van der Waals surface area (Å²) in [5, 5.41) is 2.87. The molecule has 1 heterocycles. The standard InChI is InChI=1S/C14H18N2O3/c15-14(5-1-2-6-14)13(17)16-10-3-4-11-12(9-10)19-8-7-18-11/h3-4,9H,1-2,5-8,15H2,(H,16,17). The van der Waals surface area contributed by atoms with Gasteiger partial charge in [0.1, 0.15) is 13.2 Å². The number of anilines is 1. The van der Waals surface area contributed by atoms with Crippen LogP contribution in [0.15, 0.2) is 18.2 Å². The van der Waals surface area contributed by atoms with Crippen LogP contribution in [0.3, 0.4) is 0 Å². The number of nitrogens with one attached hydrogen (secondary N) is 1. The van der Waals surface area contributed by atoms with Gasteiger partial charge >= 0.3 is 0 Å². The monoisotopic (exact) mass is 262 g/mol. The highest BCUT2D eigenvalue weighted by molar-refractivity contribution is 5.98. The molecule has 1 aromatic carbocycles. The van der Waals surface area contributed by atoms with Crippen LogP contribution < -0.4 is 20.5 Å². The van der Waals surface area contributed by atoms with Gasteiger partial charge < -0.3 is 20.5 Å². The average molecular weight is 262 g/mol. The minimum absolute atomic E-state index is 0.110. The Bertz CT molecular complexity index is 495. The van der Waals surface area contributed by atoms with Gasteiger partial charge in [0.15, 0.2) is 11.5 Å². The Kier molecular flexibility index (Phi) is 3.06. The van der Waals surface area contributed by atoms with E-state index in [0.29, 0.717) is 30.4 Å². The lowest BCUT2D eigenvalue weighted by molar-refractivity contribution is -0.121. The third kappa shape index (κ3) is 2.38. The van der Waals surface area contributed by atoms with E-state index in [1.165, 1.54) is 0 Å². The first kappa shape index (κ1) is 12.3. The third-order valence-electron chi connectivity index (χ3n) is 3.75. The van der Waals surface area contributed by atoms with E-state index in [0.717, 1.165) is 25.7 Å². The summed E-state index contributed by atoms with van der Waals surface area (Å²) < 4.78 is 10.9.